The number of carbonyl (C=O) groups is 3. The summed E-state index contributed by atoms with van der Waals surface area (Å²) in [6, 6.07) is 0. The highest BCUT2D eigenvalue weighted by Crippen LogP contribution is 1.98. The van der Waals surface area contributed by atoms with Crippen LogP contribution in [-0.4, -0.2) is 37.2 Å². The minimum atomic E-state index is -0.991. The van der Waals surface area contributed by atoms with E-state index < -0.39 is 30.6 Å². The van der Waals surface area contributed by atoms with Crippen molar-refractivity contribution < 1.29 is 28.6 Å². The first-order valence-electron chi connectivity index (χ1n) is 5.46. The lowest BCUT2D eigenvalue weighted by Gasteiger charge is -2.12. The van der Waals surface area contributed by atoms with Crippen LogP contribution in [0.2, 0.25) is 0 Å². The monoisotopic (exact) mass is 246 g/mol. The largest absolute Gasteiger partial charge is 0.463 e. The molecule has 1 atom stereocenters. The van der Waals surface area contributed by atoms with Crippen LogP contribution in [0.5, 0.6) is 0 Å². The van der Waals surface area contributed by atoms with Gasteiger partial charge in [-0.2, -0.15) is 0 Å². The molecule has 0 fully saturated rings. The Bertz CT molecular complexity index is 273. The summed E-state index contributed by atoms with van der Waals surface area (Å²) in [4.78, 5) is 32.8. The van der Waals surface area contributed by atoms with E-state index >= 15 is 0 Å². The third-order valence-electron chi connectivity index (χ3n) is 1.78. The van der Waals surface area contributed by atoms with Gasteiger partial charge in [-0.3, -0.25) is 4.79 Å². The molecule has 0 rings (SSSR count). The van der Waals surface area contributed by atoms with Gasteiger partial charge in [-0.05, 0) is 13.3 Å². The summed E-state index contributed by atoms with van der Waals surface area (Å²) in [6.07, 6.45) is 0.684. The van der Waals surface area contributed by atoms with Gasteiger partial charge >= 0.3 is 17.9 Å². The summed E-state index contributed by atoms with van der Waals surface area (Å²) in [6.45, 7) is 4.36. The lowest BCUT2D eigenvalue weighted by molar-refractivity contribution is -0.171. The second-order valence-electron chi connectivity index (χ2n) is 3.43. The fourth-order valence-corrected chi connectivity index (χ4v) is 0.874. The van der Waals surface area contributed by atoms with Gasteiger partial charge in [0, 0.05) is 6.92 Å². The maximum absolute atomic E-state index is 11.3. The molecule has 0 aromatic carbocycles. The Balaban J connectivity index is 3.82. The lowest BCUT2D eigenvalue weighted by Crippen LogP contribution is -2.28. The van der Waals surface area contributed by atoms with Gasteiger partial charge in [0.2, 0.25) is 0 Å². The van der Waals surface area contributed by atoms with Gasteiger partial charge in [0.15, 0.2) is 12.7 Å². The zero-order valence-electron chi connectivity index (χ0n) is 10.4. The molecule has 0 saturated carbocycles. The fourth-order valence-electron chi connectivity index (χ4n) is 0.874. The highest BCUT2D eigenvalue weighted by atomic mass is 16.6. The molecule has 0 bridgehead atoms. The van der Waals surface area contributed by atoms with E-state index in [0.29, 0.717) is 6.61 Å². The lowest BCUT2D eigenvalue weighted by atomic mass is 10.3. The van der Waals surface area contributed by atoms with Crippen molar-refractivity contribution in [1.82, 2.24) is 0 Å². The van der Waals surface area contributed by atoms with Crippen molar-refractivity contribution in [1.29, 1.82) is 0 Å². The molecular weight excluding hydrogens is 228 g/mol. The average molecular weight is 246 g/mol. The van der Waals surface area contributed by atoms with Gasteiger partial charge in [0.1, 0.15) is 0 Å². The van der Waals surface area contributed by atoms with E-state index in [0.717, 1.165) is 12.8 Å². The molecule has 0 radical (unpaired) electrons. The van der Waals surface area contributed by atoms with E-state index in [1.54, 1.807) is 0 Å². The average Bonchev–Trinajstić information content (AvgIpc) is 2.26. The van der Waals surface area contributed by atoms with Crippen molar-refractivity contribution in [2.24, 2.45) is 0 Å². The maximum Gasteiger partial charge on any atom is 0.347 e. The van der Waals surface area contributed by atoms with Crippen molar-refractivity contribution >= 4 is 17.9 Å². The first kappa shape index (κ1) is 15.4. The van der Waals surface area contributed by atoms with Crippen LogP contribution in [0.1, 0.15) is 33.6 Å². The predicted octanol–water partition coefficient (Wildman–Crippen LogP) is 0.825. The zero-order chi connectivity index (χ0) is 13.3. The summed E-state index contributed by atoms with van der Waals surface area (Å²) in [5, 5.41) is 0. The van der Waals surface area contributed by atoms with Gasteiger partial charge < -0.3 is 14.2 Å². The third-order valence-corrected chi connectivity index (χ3v) is 1.78. The molecule has 6 heteroatoms. The van der Waals surface area contributed by atoms with Gasteiger partial charge in [0.25, 0.3) is 0 Å². The van der Waals surface area contributed by atoms with Crippen molar-refractivity contribution in [3.05, 3.63) is 0 Å². The summed E-state index contributed by atoms with van der Waals surface area (Å²) >= 11 is 0. The van der Waals surface area contributed by atoms with Crippen LogP contribution in [0, 0.1) is 0 Å². The van der Waals surface area contributed by atoms with E-state index in [9.17, 15) is 14.4 Å². The molecule has 0 aliphatic heterocycles. The number of esters is 3. The van der Waals surface area contributed by atoms with Crippen molar-refractivity contribution in [3.63, 3.8) is 0 Å². The minimum absolute atomic E-state index is 0.307. The number of hydrogen-bond donors (Lipinski definition) is 0. The molecule has 0 amide bonds. The second-order valence-corrected chi connectivity index (χ2v) is 3.43. The molecule has 6 nitrogen and oxygen atoms in total. The zero-order valence-corrected chi connectivity index (χ0v) is 10.4. The van der Waals surface area contributed by atoms with Crippen LogP contribution >= 0.6 is 0 Å². The van der Waals surface area contributed by atoms with Gasteiger partial charge in [0.05, 0.1) is 6.61 Å². The molecule has 98 valence electrons. The van der Waals surface area contributed by atoms with E-state index in [-0.39, 0.29) is 0 Å². The molecule has 17 heavy (non-hydrogen) atoms. The summed E-state index contributed by atoms with van der Waals surface area (Å²) < 4.78 is 14.0. The quantitative estimate of drug-likeness (QED) is 0.376. The van der Waals surface area contributed by atoms with Crippen LogP contribution in [0.4, 0.5) is 0 Å². The molecule has 0 aromatic rings. The van der Waals surface area contributed by atoms with E-state index in [4.69, 9.17) is 9.47 Å². The van der Waals surface area contributed by atoms with Crippen molar-refractivity contribution in [3.8, 4) is 0 Å². The Morgan fingerprint density at radius 2 is 1.82 bits per heavy atom. The van der Waals surface area contributed by atoms with Crippen LogP contribution < -0.4 is 0 Å². The van der Waals surface area contributed by atoms with Crippen LogP contribution in [0.3, 0.4) is 0 Å². The van der Waals surface area contributed by atoms with Gasteiger partial charge in [-0.1, -0.05) is 13.3 Å². The molecule has 0 aliphatic carbocycles. The van der Waals surface area contributed by atoms with E-state index in [1.165, 1.54) is 13.8 Å². The minimum Gasteiger partial charge on any atom is -0.463 e. The smallest absolute Gasteiger partial charge is 0.347 e. The van der Waals surface area contributed by atoms with Crippen LogP contribution in [0.15, 0.2) is 0 Å². The van der Waals surface area contributed by atoms with Crippen molar-refractivity contribution in [2.75, 3.05) is 13.2 Å². The molecule has 0 saturated heterocycles. The highest BCUT2D eigenvalue weighted by molar-refractivity contribution is 5.80. The Labute approximate surface area is 100 Å². The summed E-state index contributed by atoms with van der Waals surface area (Å²) in [7, 11) is 0. The molecular formula is C11H18O6. The Morgan fingerprint density at radius 3 is 2.35 bits per heavy atom. The molecule has 0 N–H and O–H groups in total. The maximum atomic E-state index is 11.3. The number of hydrogen-bond acceptors (Lipinski definition) is 6. The molecule has 0 heterocycles. The second kappa shape index (κ2) is 8.55. The molecule has 0 aromatic heterocycles. The summed E-state index contributed by atoms with van der Waals surface area (Å²) in [5.74, 6) is -1.96. The van der Waals surface area contributed by atoms with Crippen molar-refractivity contribution in [2.45, 2.75) is 39.7 Å². The SMILES string of the molecule is CCCCOC(=O)C(C)OC(=O)COC(C)=O. The van der Waals surface area contributed by atoms with E-state index in [1.807, 2.05) is 6.92 Å². The Kier molecular flexibility index (Phi) is 7.75. The first-order chi connectivity index (χ1) is 7.97. The topological polar surface area (TPSA) is 78.9 Å². The van der Waals surface area contributed by atoms with Gasteiger partial charge in [-0.15, -0.1) is 0 Å². The van der Waals surface area contributed by atoms with Crippen LogP contribution in [0.25, 0.3) is 0 Å². The molecule has 0 spiro atoms. The normalized spacial score (nSPS) is 11.5. The van der Waals surface area contributed by atoms with Gasteiger partial charge in [-0.25, -0.2) is 9.59 Å². The fraction of sp³-hybridized carbons (Fsp3) is 0.727. The number of unbranched alkanes of at least 4 members (excludes halogenated alkanes) is 1. The summed E-state index contributed by atoms with van der Waals surface area (Å²) in [5.41, 5.74) is 0. The highest BCUT2D eigenvalue weighted by Gasteiger charge is 2.19. The standard InChI is InChI=1S/C11H18O6/c1-4-5-6-15-11(14)8(2)17-10(13)7-16-9(3)12/h8H,4-7H2,1-3H3. The van der Waals surface area contributed by atoms with Crippen LogP contribution in [-0.2, 0) is 28.6 Å². The Morgan fingerprint density at radius 1 is 1.18 bits per heavy atom. The number of rotatable bonds is 7. The van der Waals surface area contributed by atoms with E-state index in [2.05, 4.69) is 4.74 Å². The Hall–Kier alpha value is -1.59. The first-order valence-corrected chi connectivity index (χ1v) is 5.46. The number of ether oxygens (including phenoxy) is 3. The predicted molar refractivity (Wildman–Crippen MR) is 58.1 cm³/mol. The third kappa shape index (κ3) is 8.24. The molecule has 1 unspecified atom stereocenters. The molecule has 0 aliphatic rings. The number of carbonyl (C=O) groups excluding carboxylic acids is 3.